The zero-order valence-corrected chi connectivity index (χ0v) is 13.0. The molecule has 1 saturated heterocycles. The van der Waals surface area contributed by atoms with E-state index in [4.69, 9.17) is 15.6 Å². The van der Waals surface area contributed by atoms with Crippen LogP contribution in [0.2, 0.25) is 0 Å². The monoisotopic (exact) mass is 295 g/mol. The summed E-state index contributed by atoms with van der Waals surface area (Å²) in [5, 5.41) is 12.4. The number of aryl methyl sites for hydroxylation is 1. The molecule has 118 valence electrons. The number of aliphatic hydroxyl groups excluding tert-OH is 1. The quantitative estimate of drug-likeness (QED) is 0.760. The topological polar surface area (TPSA) is 96.5 Å². The van der Waals surface area contributed by atoms with Gasteiger partial charge >= 0.3 is 0 Å². The van der Waals surface area contributed by atoms with E-state index < -0.39 is 0 Å². The first-order valence-corrected chi connectivity index (χ1v) is 7.51. The second kappa shape index (κ2) is 6.91. The maximum atomic E-state index is 9.11. The van der Waals surface area contributed by atoms with Gasteiger partial charge in [0.05, 0.1) is 25.1 Å². The number of anilines is 3. The Kier molecular flexibility index (Phi) is 5.19. The van der Waals surface area contributed by atoms with E-state index in [9.17, 15) is 0 Å². The van der Waals surface area contributed by atoms with Gasteiger partial charge in [0, 0.05) is 0 Å². The molecule has 3 heterocycles. The van der Waals surface area contributed by atoms with Crippen molar-refractivity contribution in [3.8, 4) is 0 Å². The van der Waals surface area contributed by atoms with Gasteiger partial charge in [0.25, 0.3) is 0 Å². The van der Waals surface area contributed by atoms with Gasteiger partial charge < -0.3 is 25.8 Å². The summed E-state index contributed by atoms with van der Waals surface area (Å²) in [6.07, 6.45) is 2.88. The zero-order valence-electron chi connectivity index (χ0n) is 13.0. The largest absolute Gasteiger partial charge is 0.394 e. The normalized spacial score (nSPS) is 23.3. The van der Waals surface area contributed by atoms with E-state index in [1.807, 2.05) is 11.8 Å². The standard InChI is InChI=1S/C11H17N5O2.C3H8/c1-6-9-10(15-11(12)14-6)16(5-13-9)8-3-2-7(4-17)18-8;1-3-2/h7-8,13,17H,2-5H2,1H3,(H2,12,14,15);3H2,1-2H3. The van der Waals surface area contributed by atoms with E-state index >= 15 is 0 Å². The van der Waals surface area contributed by atoms with Crippen molar-refractivity contribution >= 4 is 17.5 Å². The lowest BCUT2D eigenvalue weighted by Crippen LogP contribution is -2.36. The molecule has 2 unspecified atom stereocenters. The van der Waals surface area contributed by atoms with Crippen molar-refractivity contribution in [2.24, 2.45) is 0 Å². The highest BCUT2D eigenvalue weighted by molar-refractivity contribution is 5.74. The van der Waals surface area contributed by atoms with Gasteiger partial charge in [-0.05, 0) is 19.8 Å². The van der Waals surface area contributed by atoms with Gasteiger partial charge in [-0.3, -0.25) is 0 Å². The fourth-order valence-electron chi connectivity index (χ4n) is 2.52. The van der Waals surface area contributed by atoms with Crippen LogP contribution < -0.4 is 16.0 Å². The van der Waals surface area contributed by atoms with Crippen LogP contribution in [0, 0.1) is 6.92 Å². The lowest BCUT2D eigenvalue weighted by Gasteiger charge is -2.24. The molecule has 0 spiro atoms. The van der Waals surface area contributed by atoms with Crippen molar-refractivity contribution in [1.29, 1.82) is 0 Å². The molecule has 1 aromatic rings. The Morgan fingerprint density at radius 2 is 2.10 bits per heavy atom. The minimum Gasteiger partial charge on any atom is -0.394 e. The van der Waals surface area contributed by atoms with Crippen LogP contribution in [-0.2, 0) is 4.74 Å². The van der Waals surface area contributed by atoms with Crippen LogP contribution in [0.3, 0.4) is 0 Å². The van der Waals surface area contributed by atoms with E-state index in [1.165, 1.54) is 6.42 Å². The molecule has 0 bridgehead atoms. The molecule has 2 aliphatic heterocycles. The summed E-state index contributed by atoms with van der Waals surface area (Å²) in [6, 6.07) is 0. The summed E-state index contributed by atoms with van der Waals surface area (Å²) in [6.45, 7) is 6.85. The molecule has 0 aliphatic carbocycles. The minimum absolute atomic E-state index is 0.0513. The fourth-order valence-corrected chi connectivity index (χ4v) is 2.52. The molecular weight excluding hydrogens is 270 g/mol. The maximum absolute atomic E-state index is 9.11. The number of nitrogen functional groups attached to an aromatic ring is 1. The molecule has 0 aromatic carbocycles. The fraction of sp³-hybridized carbons (Fsp3) is 0.714. The Labute approximate surface area is 125 Å². The molecular formula is C14H25N5O2. The molecule has 7 heteroatoms. The average Bonchev–Trinajstić information content (AvgIpc) is 3.05. The third-order valence-corrected chi connectivity index (χ3v) is 3.42. The number of rotatable bonds is 2. The Balaban J connectivity index is 0.000000497. The van der Waals surface area contributed by atoms with Crippen molar-refractivity contribution in [2.45, 2.75) is 52.4 Å². The smallest absolute Gasteiger partial charge is 0.222 e. The van der Waals surface area contributed by atoms with Gasteiger partial charge in [0.2, 0.25) is 5.95 Å². The zero-order chi connectivity index (χ0) is 15.4. The van der Waals surface area contributed by atoms with E-state index in [2.05, 4.69) is 29.1 Å². The number of aliphatic hydroxyl groups is 1. The Bertz CT molecular complexity index is 483. The first-order chi connectivity index (χ1) is 10.1. The van der Waals surface area contributed by atoms with Crippen molar-refractivity contribution in [1.82, 2.24) is 9.97 Å². The van der Waals surface area contributed by atoms with Crippen molar-refractivity contribution in [3.05, 3.63) is 5.69 Å². The van der Waals surface area contributed by atoms with Gasteiger partial charge in [-0.25, -0.2) is 4.98 Å². The van der Waals surface area contributed by atoms with Crippen LogP contribution in [0.4, 0.5) is 17.5 Å². The van der Waals surface area contributed by atoms with E-state index in [0.717, 1.165) is 30.0 Å². The summed E-state index contributed by atoms with van der Waals surface area (Å²) in [5.41, 5.74) is 7.45. The van der Waals surface area contributed by atoms with E-state index in [1.54, 1.807) is 0 Å². The number of hydrogen-bond acceptors (Lipinski definition) is 7. The van der Waals surface area contributed by atoms with Crippen molar-refractivity contribution in [2.75, 3.05) is 29.2 Å². The van der Waals surface area contributed by atoms with Gasteiger partial charge in [0.15, 0.2) is 5.82 Å². The number of nitrogens with zero attached hydrogens (tertiary/aromatic N) is 3. The predicted molar refractivity (Wildman–Crippen MR) is 83.1 cm³/mol. The third-order valence-electron chi connectivity index (χ3n) is 3.42. The lowest BCUT2D eigenvalue weighted by molar-refractivity contribution is 0.0115. The summed E-state index contributed by atoms with van der Waals surface area (Å²) < 4.78 is 5.77. The van der Waals surface area contributed by atoms with E-state index in [-0.39, 0.29) is 24.9 Å². The molecule has 0 radical (unpaired) electrons. The van der Waals surface area contributed by atoms with Gasteiger partial charge in [-0.15, -0.1) is 0 Å². The van der Waals surface area contributed by atoms with Crippen LogP contribution in [-0.4, -0.2) is 40.7 Å². The summed E-state index contributed by atoms with van der Waals surface area (Å²) >= 11 is 0. The number of nitrogens with two attached hydrogens (primary N) is 1. The predicted octanol–water partition coefficient (Wildman–Crippen LogP) is 1.47. The van der Waals surface area contributed by atoms with Crippen LogP contribution in [0.1, 0.15) is 38.8 Å². The minimum atomic E-state index is -0.0701. The van der Waals surface area contributed by atoms with E-state index in [0.29, 0.717) is 6.67 Å². The van der Waals surface area contributed by atoms with Crippen LogP contribution in [0.25, 0.3) is 0 Å². The summed E-state index contributed by atoms with van der Waals surface area (Å²) in [5.74, 6) is 1.07. The number of fused-ring (bicyclic) bond motifs is 1. The molecule has 2 atom stereocenters. The number of hydrogen-bond donors (Lipinski definition) is 3. The summed E-state index contributed by atoms with van der Waals surface area (Å²) in [7, 11) is 0. The Morgan fingerprint density at radius 1 is 1.38 bits per heavy atom. The average molecular weight is 295 g/mol. The number of nitrogens with one attached hydrogen (secondary N) is 1. The van der Waals surface area contributed by atoms with Crippen LogP contribution in [0.15, 0.2) is 0 Å². The van der Waals surface area contributed by atoms with Gasteiger partial charge in [-0.1, -0.05) is 20.3 Å². The summed E-state index contributed by atoms with van der Waals surface area (Å²) in [4.78, 5) is 10.5. The molecule has 4 N–H and O–H groups in total. The number of ether oxygens (including phenoxy) is 1. The molecule has 7 nitrogen and oxygen atoms in total. The molecule has 1 fully saturated rings. The van der Waals surface area contributed by atoms with Gasteiger partial charge in [-0.2, -0.15) is 4.98 Å². The molecule has 21 heavy (non-hydrogen) atoms. The maximum Gasteiger partial charge on any atom is 0.222 e. The third kappa shape index (κ3) is 3.36. The molecule has 3 rings (SSSR count). The first-order valence-electron chi connectivity index (χ1n) is 7.51. The molecule has 0 saturated carbocycles. The highest BCUT2D eigenvalue weighted by Crippen LogP contribution is 2.36. The number of aromatic nitrogens is 2. The van der Waals surface area contributed by atoms with Crippen molar-refractivity contribution in [3.63, 3.8) is 0 Å². The molecule has 0 amide bonds. The highest BCUT2D eigenvalue weighted by Gasteiger charge is 2.35. The van der Waals surface area contributed by atoms with Crippen molar-refractivity contribution < 1.29 is 9.84 Å². The van der Waals surface area contributed by atoms with Gasteiger partial charge in [0.1, 0.15) is 11.9 Å². The second-order valence-electron chi connectivity index (χ2n) is 5.35. The Hall–Kier alpha value is -1.60. The first kappa shape index (κ1) is 15.8. The van der Waals surface area contributed by atoms with Crippen LogP contribution >= 0.6 is 0 Å². The lowest BCUT2D eigenvalue weighted by atomic mass is 10.2. The SMILES string of the molecule is CCC.Cc1nc(N)nc2c1NCN2C1CCC(CO)O1. The van der Waals surface area contributed by atoms with Crippen LogP contribution in [0.5, 0.6) is 0 Å². The molecule has 1 aromatic heterocycles. The Morgan fingerprint density at radius 3 is 2.71 bits per heavy atom. The highest BCUT2D eigenvalue weighted by atomic mass is 16.5. The molecule has 2 aliphatic rings. The second-order valence-corrected chi connectivity index (χ2v) is 5.35.